The summed E-state index contributed by atoms with van der Waals surface area (Å²) in [6.45, 7) is 4.35. The average molecular weight is 143 g/mol. The van der Waals surface area contributed by atoms with Gasteiger partial charge in [-0.1, -0.05) is 0 Å². The highest BCUT2D eigenvalue weighted by molar-refractivity contribution is 4.89. The summed E-state index contributed by atoms with van der Waals surface area (Å²) >= 11 is 0. The molecule has 0 bridgehead atoms. The van der Waals surface area contributed by atoms with Gasteiger partial charge >= 0.3 is 0 Å². The summed E-state index contributed by atoms with van der Waals surface area (Å²) in [5.74, 6) is 0. The van der Waals surface area contributed by atoms with E-state index in [0.29, 0.717) is 5.54 Å². The molecule has 0 unspecified atom stereocenters. The Morgan fingerprint density at radius 1 is 1.60 bits per heavy atom. The number of hydrogen-bond acceptors (Lipinski definition) is 2. The molecule has 2 nitrogen and oxygen atoms in total. The van der Waals surface area contributed by atoms with Crippen LogP contribution in [0.2, 0.25) is 0 Å². The van der Waals surface area contributed by atoms with E-state index in [-0.39, 0.29) is 0 Å². The van der Waals surface area contributed by atoms with Gasteiger partial charge in [-0.05, 0) is 33.4 Å². The molecule has 0 N–H and O–H groups in total. The van der Waals surface area contributed by atoms with E-state index in [1.807, 2.05) is 0 Å². The minimum absolute atomic E-state index is 0.314. The fourth-order valence-corrected chi connectivity index (χ4v) is 1.65. The summed E-state index contributed by atoms with van der Waals surface area (Å²) in [7, 11) is 3.95. The number of likely N-dealkylation sites (N-methyl/N-ethyl adjacent to an activating group) is 1. The standard InChI is InChI=1S/C8H17NO/c1-8(7-10-3)5-4-6-9(8)2/h4-7H2,1-3H3/t8-/m0/s1. The Balaban J connectivity index is 2.48. The third-order valence-electron chi connectivity index (χ3n) is 2.59. The van der Waals surface area contributed by atoms with Gasteiger partial charge in [0, 0.05) is 12.6 Å². The molecule has 0 saturated carbocycles. The van der Waals surface area contributed by atoms with Gasteiger partial charge in [0.2, 0.25) is 0 Å². The molecule has 1 rings (SSSR count). The third kappa shape index (κ3) is 1.32. The maximum Gasteiger partial charge on any atom is 0.0643 e. The Kier molecular flexibility index (Phi) is 2.32. The third-order valence-corrected chi connectivity index (χ3v) is 2.59. The zero-order valence-corrected chi connectivity index (χ0v) is 7.18. The second-order valence-corrected chi connectivity index (χ2v) is 3.46. The van der Waals surface area contributed by atoms with Crippen molar-refractivity contribution < 1.29 is 4.74 Å². The first kappa shape index (κ1) is 8.02. The summed E-state index contributed by atoms with van der Waals surface area (Å²) in [5, 5.41) is 0. The van der Waals surface area contributed by atoms with Crippen LogP contribution < -0.4 is 0 Å². The van der Waals surface area contributed by atoms with Crippen LogP contribution in [0.25, 0.3) is 0 Å². The Labute approximate surface area is 63.2 Å². The molecular weight excluding hydrogens is 126 g/mol. The Morgan fingerprint density at radius 2 is 2.30 bits per heavy atom. The van der Waals surface area contributed by atoms with Crippen molar-refractivity contribution >= 4 is 0 Å². The largest absolute Gasteiger partial charge is 0.383 e. The molecular formula is C8H17NO. The fraction of sp³-hybridized carbons (Fsp3) is 1.00. The zero-order valence-electron chi connectivity index (χ0n) is 7.18. The molecule has 0 aromatic carbocycles. The van der Waals surface area contributed by atoms with Crippen LogP contribution in [0.15, 0.2) is 0 Å². The van der Waals surface area contributed by atoms with Crippen LogP contribution in [-0.2, 0) is 4.74 Å². The van der Waals surface area contributed by atoms with Crippen molar-refractivity contribution in [3.05, 3.63) is 0 Å². The van der Waals surface area contributed by atoms with Crippen molar-refractivity contribution in [1.82, 2.24) is 4.90 Å². The van der Waals surface area contributed by atoms with Crippen LogP contribution in [0.5, 0.6) is 0 Å². The number of rotatable bonds is 2. The van der Waals surface area contributed by atoms with E-state index in [1.54, 1.807) is 7.11 Å². The predicted octanol–water partition coefficient (Wildman–Crippen LogP) is 1.12. The van der Waals surface area contributed by atoms with Crippen molar-refractivity contribution in [2.75, 3.05) is 27.3 Å². The monoisotopic (exact) mass is 143 g/mol. The summed E-state index contributed by atoms with van der Waals surface area (Å²) in [5.41, 5.74) is 0.314. The number of ether oxygens (including phenoxy) is 1. The van der Waals surface area contributed by atoms with Crippen LogP contribution >= 0.6 is 0 Å². The zero-order chi connectivity index (χ0) is 7.61. The topological polar surface area (TPSA) is 12.5 Å². The second-order valence-electron chi connectivity index (χ2n) is 3.46. The molecule has 0 aromatic heterocycles. The molecule has 0 radical (unpaired) electrons. The molecule has 1 heterocycles. The van der Waals surface area contributed by atoms with Crippen LogP contribution in [0.1, 0.15) is 19.8 Å². The van der Waals surface area contributed by atoms with E-state index in [2.05, 4.69) is 18.9 Å². The van der Waals surface area contributed by atoms with Gasteiger partial charge in [0.05, 0.1) is 6.61 Å². The van der Waals surface area contributed by atoms with Gasteiger partial charge in [0.15, 0.2) is 0 Å². The molecule has 0 spiro atoms. The quantitative estimate of drug-likeness (QED) is 0.574. The minimum Gasteiger partial charge on any atom is -0.383 e. The Morgan fingerprint density at radius 3 is 2.70 bits per heavy atom. The lowest BCUT2D eigenvalue weighted by Crippen LogP contribution is -2.42. The first-order chi connectivity index (χ1) is 4.69. The van der Waals surface area contributed by atoms with Crippen molar-refractivity contribution in [2.45, 2.75) is 25.3 Å². The summed E-state index contributed by atoms with van der Waals surface area (Å²) in [4.78, 5) is 2.39. The molecule has 1 aliphatic rings. The minimum atomic E-state index is 0.314. The Bertz CT molecular complexity index is 116. The lowest BCUT2D eigenvalue weighted by molar-refractivity contribution is 0.0659. The number of hydrogen-bond donors (Lipinski definition) is 0. The van der Waals surface area contributed by atoms with Gasteiger partial charge in [-0.15, -0.1) is 0 Å². The number of nitrogens with zero attached hydrogens (tertiary/aromatic N) is 1. The smallest absolute Gasteiger partial charge is 0.0643 e. The van der Waals surface area contributed by atoms with Gasteiger partial charge in [0.1, 0.15) is 0 Å². The number of likely N-dealkylation sites (tertiary alicyclic amines) is 1. The first-order valence-electron chi connectivity index (χ1n) is 3.89. The Hall–Kier alpha value is -0.0800. The highest BCUT2D eigenvalue weighted by atomic mass is 16.5. The highest BCUT2D eigenvalue weighted by Gasteiger charge is 2.33. The van der Waals surface area contributed by atoms with E-state index in [0.717, 1.165) is 6.61 Å². The molecule has 10 heavy (non-hydrogen) atoms. The van der Waals surface area contributed by atoms with E-state index in [1.165, 1.54) is 19.4 Å². The normalized spacial score (nSPS) is 35.1. The first-order valence-corrected chi connectivity index (χ1v) is 3.89. The van der Waals surface area contributed by atoms with Crippen molar-refractivity contribution in [2.24, 2.45) is 0 Å². The van der Waals surface area contributed by atoms with Gasteiger partial charge < -0.3 is 4.74 Å². The molecule has 1 saturated heterocycles. The molecule has 0 aliphatic carbocycles. The van der Waals surface area contributed by atoms with Crippen LogP contribution in [0.4, 0.5) is 0 Å². The maximum absolute atomic E-state index is 5.16. The van der Waals surface area contributed by atoms with E-state index in [4.69, 9.17) is 4.74 Å². The van der Waals surface area contributed by atoms with Crippen LogP contribution in [0, 0.1) is 0 Å². The van der Waals surface area contributed by atoms with Crippen molar-refractivity contribution in [1.29, 1.82) is 0 Å². The SMILES string of the molecule is COC[C@]1(C)CCCN1C. The van der Waals surface area contributed by atoms with Gasteiger partial charge in [-0.25, -0.2) is 0 Å². The molecule has 1 fully saturated rings. The van der Waals surface area contributed by atoms with Crippen LogP contribution in [0.3, 0.4) is 0 Å². The predicted molar refractivity (Wildman–Crippen MR) is 42.1 cm³/mol. The van der Waals surface area contributed by atoms with Crippen LogP contribution in [-0.4, -0.2) is 37.7 Å². The van der Waals surface area contributed by atoms with Crippen molar-refractivity contribution in [3.8, 4) is 0 Å². The van der Waals surface area contributed by atoms with E-state index >= 15 is 0 Å². The summed E-state index contributed by atoms with van der Waals surface area (Å²) in [6, 6.07) is 0. The lowest BCUT2D eigenvalue weighted by atomic mass is 10.0. The molecule has 0 aromatic rings. The van der Waals surface area contributed by atoms with Gasteiger partial charge in [-0.3, -0.25) is 4.90 Å². The average Bonchev–Trinajstić information content (AvgIpc) is 2.15. The fourth-order valence-electron chi connectivity index (χ4n) is 1.65. The molecule has 60 valence electrons. The molecule has 1 aliphatic heterocycles. The summed E-state index contributed by atoms with van der Waals surface area (Å²) in [6.07, 6.45) is 2.59. The highest BCUT2D eigenvalue weighted by Crippen LogP contribution is 2.26. The number of methoxy groups -OCH3 is 1. The van der Waals surface area contributed by atoms with E-state index < -0.39 is 0 Å². The maximum atomic E-state index is 5.16. The summed E-state index contributed by atoms with van der Waals surface area (Å²) < 4.78 is 5.16. The molecule has 1 atom stereocenters. The van der Waals surface area contributed by atoms with Gasteiger partial charge in [-0.2, -0.15) is 0 Å². The molecule has 0 amide bonds. The molecule has 2 heteroatoms. The van der Waals surface area contributed by atoms with Crippen molar-refractivity contribution in [3.63, 3.8) is 0 Å². The van der Waals surface area contributed by atoms with E-state index in [9.17, 15) is 0 Å². The van der Waals surface area contributed by atoms with Gasteiger partial charge in [0.25, 0.3) is 0 Å². The lowest BCUT2D eigenvalue weighted by Gasteiger charge is -2.31. The second kappa shape index (κ2) is 2.89.